The third-order valence-electron chi connectivity index (χ3n) is 17.6. The van der Waals surface area contributed by atoms with E-state index in [0.29, 0.717) is 25.7 Å². The number of carbonyl (C=O) groups is 4. The van der Waals surface area contributed by atoms with Crippen LogP contribution >= 0.6 is 15.6 Å². The number of hydrogen-bond donors (Lipinski definition) is 3. The summed E-state index contributed by atoms with van der Waals surface area (Å²) in [6, 6.07) is 0. The molecule has 0 aromatic carbocycles. The number of phosphoric ester groups is 2. The van der Waals surface area contributed by atoms with Gasteiger partial charge >= 0.3 is 39.5 Å². The molecule has 93 heavy (non-hydrogen) atoms. The molecule has 3 N–H and O–H groups in total. The Kier molecular flexibility index (Phi) is 64.6. The van der Waals surface area contributed by atoms with Gasteiger partial charge in [0, 0.05) is 25.7 Å². The summed E-state index contributed by atoms with van der Waals surface area (Å²) >= 11 is 0. The molecular formula is C74H144O17P2. The van der Waals surface area contributed by atoms with E-state index in [0.717, 1.165) is 108 Å². The Morgan fingerprint density at radius 2 is 0.548 bits per heavy atom. The summed E-state index contributed by atoms with van der Waals surface area (Å²) < 4.78 is 68.4. The molecule has 0 bridgehead atoms. The number of phosphoric acid groups is 2. The first-order valence-electron chi connectivity index (χ1n) is 38.5. The molecule has 0 saturated carbocycles. The highest BCUT2D eigenvalue weighted by atomic mass is 31.2. The van der Waals surface area contributed by atoms with E-state index < -0.39 is 97.5 Å². The Hall–Kier alpha value is -1.94. The second kappa shape index (κ2) is 66.0. The lowest BCUT2D eigenvalue weighted by atomic mass is 10.00. The highest BCUT2D eigenvalue weighted by molar-refractivity contribution is 7.47. The Labute approximate surface area is 568 Å². The van der Waals surface area contributed by atoms with Gasteiger partial charge in [0.15, 0.2) is 12.2 Å². The summed E-state index contributed by atoms with van der Waals surface area (Å²) in [4.78, 5) is 72.7. The molecule has 0 aromatic rings. The number of aliphatic hydroxyl groups is 1. The summed E-state index contributed by atoms with van der Waals surface area (Å²) in [6.07, 6.45) is 52.7. The van der Waals surface area contributed by atoms with E-state index in [1.54, 1.807) is 0 Å². The number of ether oxygens (including phenoxy) is 4. The molecule has 0 heterocycles. The topological polar surface area (TPSA) is 237 Å². The molecule has 17 nitrogen and oxygen atoms in total. The van der Waals surface area contributed by atoms with Crippen LogP contribution in [0, 0.1) is 11.8 Å². The van der Waals surface area contributed by atoms with Crippen molar-refractivity contribution in [2.75, 3.05) is 39.6 Å². The number of esters is 4. The normalized spacial score (nSPS) is 14.3. The van der Waals surface area contributed by atoms with Crippen molar-refractivity contribution in [1.82, 2.24) is 0 Å². The number of unbranched alkanes of at least 4 members (excludes halogenated alkanes) is 42. The molecule has 0 aliphatic rings. The van der Waals surface area contributed by atoms with Crippen LogP contribution in [-0.2, 0) is 65.4 Å². The van der Waals surface area contributed by atoms with Crippen LogP contribution < -0.4 is 0 Å². The average molecular weight is 1370 g/mol. The van der Waals surface area contributed by atoms with Gasteiger partial charge < -0.3 is 33.8 Å². The van der Waals surface area contributed by atoms with Gasteiger partial charge in [0.05, 0.1) is 26.4 Å². The van der Waals surface area contributed by atoms with Crippen LogP contribution in [-0.4, -0.2) is 96.7 Å². The molecule has 0 aliphatic carbocycles. The van der Waals surface area contributed by atoms with Gasteiger partial charge in [0.1, 0.15) is 19.3 Å². The maximum atomic E-state index is 13.1. The summed E-state index contributed by atoms with van der Waals surface area (Å²) in [5.74, 6) is -0.600. The molecule has 552 valence electrons. The third kappa shape index (κ3) is 67.0. The molecule has 0 amide bonds. The van der Waals surface area contributed by atoms with Crippen molar-refractivity contribution < 1.29 is 80.2 Å². The van der Waals surface area contributed by atoms with Crippen molar-refractivity contribution in [2.24, 2.45) is 11.8 Å². The molecular weight excluding hydrogens is 1220 g/mol. The second-order valence-electron chi connectivity index (χ2n) is 27.4. The smallest absolute Gasteiger partial charge is 0.462 e. The molecule has 0 rings (SSSR count). The minimum absolute atomic E-state index is 0.106. The van der Waals surface area contributed by atoms with Gasteiger partial charge in [0.2, 0.25) is 0 Å². The molecule has 0 saturated heterocycles. The van der Waals surface area contributed by atoms with Gasteiger partial charge in [-0.05, 0) is 37.5 Å². The van der Waals surface area contributed by atoms with Gasteiger partial charge in [-0.15, -0.1) is 0 Å². The standard InChI is InChI=1S/C74H144O17P2/c1-7-10-12-14-16-18-20-21-22-23-26-30-33-37-44-50-56-71(76)84-62-69(90-74(79)59-53-47-39-35-31-27-24-25-29-32-36-42-48-54-66(4)5)64-88-92(80,81)86-60-68(75)61-87-93(82,83)89-65-70(63-85-72(77)57-51-45-41-40-43-49-55-67(6)9-3)91-73(78)58-52-46-38-34-28-19-17-15-13-11-8-2/h66-70,75H,7-65H2,1-6H3,(H,80,81)(H,82,83)/t67?,68-,69-,70-/m1/s1. The van der Waals surface area contributed by atoms with Crippen molar-refractivity contribution in [3.8, 4) is 0 Å². The monoisotopic (exact) mass is 1370 g/mol. The number of carbonyl (C=O) groups excluding carboxylic acids is 4. The zero-order chi connectivity index (χ0) is 68.6. The van der Waals surface area contributed by atoms with E-state index in [2.05, 4.69) is 41.5 Å². The van der Waals surface area contributed by atoms with Gasteiger partial charge in [-0.3, -0.25) is 37.3 Å². The van der Waals surface area contributed by atoms with Crippen LogP contribution in [0.4, 0.5) is 0 Å². The first-order chi connectivity index (χ1) is 44.9. The second-order valence-corrected chi connectivity index (χ2v) is 30.3. The highest BCUT2D eigenvalue weighted by Gasteiger charge is 2.30. The Balaban J connectivity index is 5.24. The van der Waals surface area contributed by atoms with Crippen molar-refractivity contribution in [3.05, 3.63) is 0 Å². The first kappa shape index (κ1) is 91.1. The lowest BCUT2D eigenvalue weighted by molar-refractivity contribution is -0.161. The van der Waals surface area contributed by atoms with E-state index >= 15 is 0 Å². The fraction of sp³-hybridized carbons (Fsp3) is 0.946. The molecule has 6 atom stereocenters. The van der Waals surface area contributed by atoms with Crippen molar-refractivity contribution in [1.29, 1.82) is 0 Å². The maximum absolute atomic E-state index is 13.1. The minimum Gasteiger partial charge on any atom is -0.462 e. The lowest BCUT2D eigenvalue weighted by Crippen LogP contribution is -2.30. The van der Waals surface area contributed by atoms with Crippen LogP contribution in [0.3, 0.4) is 0 Å². The molecule has 19 heteroatoms. The molecule has 0 spiro atoms. The Morgan fingerprint density at radius 3 is 0.817 bits per heavy atom. The molecule has 0 radical (unpaired) electrons. The SMILES string of the molecule is CCCCCCCCCCCCCCCCCCC(=O)OC[C@H](COP(=O)(O)OC[C@@H](O)COP(=O)(O)OC[C@@H](COC(=O)CCCCCCCCC(C)CC)OC(=O)CCCCCCCCCCCCC)OC(=O)CCCCCCCCCCCCCCCC(C)C. The summed E-state index contributed by atoms with van der Waals surface area (Å²) in [7, 11) is -9.91. The zero-order valence-electron chi connectivity index (χ0n) is 60.6. The first-order valence-corrected chi connectivity index (χ1v) is 41.5. The van der Waals surface area contributed by atoms with Crippen molar-refractivity contribution >= 4 is 39.5 Å². The van der Waals surface area contributed by atoms with E-state index in [1.165, 1.54) is 193 Å². The van der Waals surface area contributed by atoms with Crippen LogP contribution in [0.1, 0.15) is 382 Å². The molecule has 0 aliphatic heterocycles. The van der Waals surface area contributed by atoms with Gasteiger partial charge in [-0.2, -0.15) is 0 Å². The third-order valence-corrected chi connectivity index (χ3v) is 19.5. The summed E-state index contributed by atoms with van der Waals surface area (Å²) in [6.45, 7) is 9.56. The molecule has 3 unspecified atom stereocenters. The minimum atomic E-state index is -4.96. The van der Waals surface area contributed by atoms with E-state index in [-0.39, 0.29) is 25.7 Å². The van der Waals surface area contributed by atoms with E-state index in [9.17, 15) is 43.2 Å². The van der Waals surface area contributed by atoms with E-state index in [1.807, 2.05) is 0 Å². The van der Waals surface area contributed by atoms with Crippen LogP contribution in [0.15, 0.2) is 0 Å². The highest BCUT2D eigenvalue weighted by Crippen LogP contribution is 2.45. The number of aliphatic hydroxyl groups excluding tert-OH is 1. The summed E-state index contributed by atoms with van der Waals surface area (Å²) in [5.41, 5.74) is 0. The average Bonchev–Trinajstić information content (AvgIpc) is 3.13. The van der Waals surface area contributed by atoms with E-state index in [4.69, 9.17) is 37.0 Å². The van der Waals surface area contributed by atoms with Crippen molar-refractivity contribution in [2.45, 2.75) is 400 Å². The lowest BCUT2D eigenvalue weighted by Gasteiger charge is -2.21. The van der Waals surface area contributed by atoms with Gasteiger partial charge in [-0.1, -0.05) is 330 Å². The molecule has 0 fully saturated rings. The zero-order valence-corrected chi connectivity index (χ0v) is 62.3. The van der Waals surface area contributed by atoms with Crippen molar-refractivity contribution in [3.63, 3.8) is 0 Å². The Bertz CT molecular complexity index is 1810. The predicted octanol–water partition coefficient (Wildman–Crippen LogP) is 21.6. The predicted molar refractivity (Wildman–Crippen MR) is 377 cm³/mol. The number of rotatable bonds is 73. The fourth-order valence-electron chi connectivity index (χ4n) is 11.3. The van der Waals surface area contributed by atoms with Crippen LogP contribution in [0.5, 0.6) is 0 Å². The molecule has 0 aromatic heterocycles. The Morgan fingerprint density at radius 1 is 0.312 bits per heavy atom. The van der Waals surface area contributed by atoms with Gasteiger partial charge in [0.25, 0.3) is 0 Å². The van der Waals surface area contributed by atoms with Crippen LogP contribution in [0.2, 0.25) is 0 Å². The summed E-state index contributed by atoms with van der Waals surface area (Å²) in [5, 5.41) is 10.6. The quantitative estimate of drug-likeness (QED) is 0.0222. The largest absolute Gasteiger partial charge is 0.472 e. The van der Waals surface area contributed by atoms with Gasteiger partial charge in [-0.25, -0.2) is 9.13 Å². The fourth-order valence-corrected chi connectivity index (χ4v) is 12.8. The van der Waals surface area contributed by atoms with Crippen LogP contribution in [0.25, 0.3) is 0 Å². The number of hydrogen-bond acceptors (Lipinski definition) is 15. The maximum Gasteiger partial charge on any atom is 0.472 e.